The van der Waals surface area contributed by atoms with Crippen LogP contribution in [0.2, 0.25) is 0 Å². The predicted octanol–water partition coefficient (Wildman–Crippen LogP) is 1.46. The van der Waals surface area contributed by atoms with Crippen LogP contribution < -0.4 is 15.8 Å². The molecule has 112 valence electrons. The Hall–Kier alpha value is -1.59. The summed E-state index contributed by atoms with van der Waals surface area (Å²) in [5, 5.41) is 3.35. The summed E-state index contributed by atoms with van der Waals surface area (Å²) in [6.07, 6.45) is 1.29. The second-order valence-corrected chi connectivity index (χ2v) is 4.85. The van der Waals surface area contributed by atoms with Crippen molar-refractivity contribution in [2.75, 3.05) is 19.8 Å². The normalized spacial score (nSPS) is 10.8. The van der Waals surface area contributed by atoms with Crippen molar-refractivity contribution in [1.29, 1.82) is 0 Å². The Labute approximate surface area is 120 Å². The summed E-state index contributed by atoms with van der Waals surface area (Å²) < 4.78 is 10.7. The van der Waals surface area contributed by atoms with Gasteiger partial charge in [-0.05, 0) is 44.5 Å². The van der Waals surface area contributed by atoms with Gasteiger partial charge in [0, 0.05) is 13.2 Å². The zero-order chi connectivity index (χ0) is 14.8. The molecule has 20 heavy (non-hydrogen) atoms. The van der Waals surface area contributed by atoms with E-state index in [-0.39, 0.29) is 6.61 Å². The van der Waals surface area contributed by atoms with E-state index >= 15 is 0 Å². The average Bonchev–Trinajstić information content (AvgIpc) is 2.41. The molecule has 1 rings (SSSR count). The van der Waals surface area contributed by atoms with Gasteiger partial charge in [-0.15, -0.1) is 0 Å². The Morgan fingerprint density at radius 2 is 2.00 bits per heavy atom. The van der Waals surface area contributed by atoms with E-state index in [4.69, 9.17) is 15.2 Å². The van der Waals surface area contributed by atoms with Crippen LogP contribution in [0.4, 0.5) is 0 Å². The Morgan fingerprint density at radius 3 is 2.60 bits per heavy atom. The van der Waals surface area contributed by atoms with Crippen LogP contribution in [0.1, 0.15) is 25.8 Å². The molecule has 0 aromatic heterocycles. The molecule has 1 aromatic rings. The van der Waals surface area contributed by atoms with Crippen LogP contribution in [0.5, 0.6) is 5.75 Å². The van der Waals surface area contributed by atoms with Crippen LogP contribution in [0.25, 0.3) is 0 Å². The van der Waals surface area contributed by atoms with Crippen LogP contribution in [0.3, 0.4) is 0 Å². The Balaban J connectivity index is 2.16. The molecule has 1 amide bonds. The minimum Gasteiger partial charge on any atom is -0.484 e. The van der Waals surface area contributed by atoms with Gasteiger partial charge < -0.3 is 20.5 Å². The maximum atomic E-state index is 10.6. The number of hydrogen-bond donors (Lipinski definition) is 2. The number of nitrogens with two attached hydrogens (primary N) is 1. The van der Waals surface area contributed by atoms with E-state index in [0.717, 1.165) is 26.1 Å². The minimum absolute atomic E-state index is 0.0898. The maximum absolute atomic E-state index is 10.6. The summed E-state index contributed by atoms with van der Waals surface area (Å²) in [6.45, 7) is 6.49. The highest BCUT2D eigenvalue weighted by Gasteiger charge is 1.98. The summed E-state index contributed by atoms with van der Waals surface area (Å²) in [5.74, 6) is 0.178. The SMILES string of the molecule is CC(C)OCCCNCc1ccc(OCC(N)=O)cc1. The molecule has 0 atom stereocenters. The average molecular weight is 280 g/mol. The third-order valence-electron chi connectivity index (χ3n) is 2.58. The van der Waals surface area contributed by atoms with E-state index in [1.165, 1.54) is 5.56 Å². The lowest BCUT2D eigenvalue weighted by atomic mass is 10.2. The summed E-state index contributed by atoms with van der Waals surface area (Å²) in [5.41, 5.74) is 6.18. The predicted molar refractivity (Wildman–Crippen MR) is 78.5 cm³/mol. The highest BCUT2D eigenvalue weighted by atomic mass is 16.5. The van der Waals surface area contributed by atoms with Crippen LogP contribution in [-0.4, -0.2) is 31.8 Å². The number of nitrogens with one attached hydrogen (secondary N) is 1. The van der Waals surface area contributed by atoms with E-state index < -0.39 is 5.91 Å². The molecule has 0 fully saturated rings. The molecule has 1 aromatic carbocycles. The lowest BCUT2D eigenvalue weighted by molar-refractivity contribution is -0.119. The number of amides is 1. The van der Waals surface area contributed by atoms with Gasteiger partial charge in [0.2, 0.25) is 0 Å². The fourth-order valence-electron chi connectivity index (χ4n) is 1.61. The lowest BCUT2D eigenvalue weighted by Gasteiger charge is -2.09. The Bertz CT molecular complexity index is 391. The van der Waals surface area contributed by atoms with Gasteiger partial charge in [0.15, 0.2) is 6.61 Å². The number of benzene rings is 1. The molecule has 0 aliphatic heterocycles. The number of ether oxygens (including phenoxy) is 2. The minimum atomic E-state index is -0.473. The van der Waals surface area contributed by atoms with Crippen molar-refractivity contribution in [3.63, 3.8) is 0 Å². The van der Waals surface area contributed by atoms with E-state index in [2.05, 4.69) is 5.32 Å². The Kier molecular flexibility index (Phi) is 7.69. The van der Waals surface area contributed by atoms with Gasteiger partial charge in [0.1, 0.15) is 5.75 Å². The van der Waals surface area contributed by atoms with Crippen molar-refractivity contribution >= 4 is 5.91 Å². The topological polar surface area (TPSA) is 73.6 Å². The van der Waals surface area contributed by atoms with Crippen LogP contribution in [-0.2, 0) is 16.1 Å². The molecule has 0 saturated heterocycles. The Morgan fingerprint density at radius 1 is 1.30 bits per heavy atom. The number of carbonyl (C=O) groups is 1. The highest BCUT2D eigenvalue weighted by Crippen LogP contribution is 2.11. The van der Waals surface area contributed by atoms with Crippen LogP contribution in [0, 0.1) is 0 Å². The zero-order valence-electron chi connectivity index (χ0n) is 12.2. The number of carbonyl (C=O) groups excluding carboxylic acids is 1. The summed E-state index contributed by atoms with van der Waals surface area (Å²) in [6, 6.07) is 7.60. The fourth-order valence-corrected chi connectivity index (χ4v) is 1.61. The zero-order valence-corrected chi connectivity index (χ0v) is 12.2. The van der Waals surface area contributed by atoms with Gasteiger partial charge in [-0.3, -0.25) is 4.79 Å². The highest BCUT2D eigenvalue weighted by molar-refractivity contribution is 5.75. The monoisotopic (exact) mass is 280 g/mol. The number of rotatable bonds is 10. The molecule has 0 heterocycles. The van der Waals surface area contributed by atoms with Gasteiger partial charge >= 0.3 is 0 Å². The standard InChI is InChI=1S/C15H24N2O3/c1-12(2)19-9-3-8-17-10-13-4-6-14(7-5-13)20-11-15(16)18/h4-7,12,17H,3,8-11H2,1-2H3,(H2,16,18). The first-order valence-electron chi connectivity index (χ1n) is 6.90. The first-order valence-corrected chi connectivity index (χ1v) is 6.90. The van der Waals surface area contributed by atoms with Crippen molar-refractivity contribution in [1.82, 2.24) is 5.32 Å². The maximum Gasteiger partial charge on any atom is 0.255 e. The third-order valence-corrected chi connectivity index (χ3v) is 2.58. The van der Waals surface area contributed by atoms with Crippen molar-refractivity contribution in [3.8, 4) is 5.75 Å². The molecule has 0 saturated carbocycles. The van der Waals surface area contributed by atoms with Gasteiger partial charge in [0.05, 0.1) is 6.10 Å². The number of hydrogen-bond acceptors (Lipinski definition) is 4. The lowest BCUT2D eigenvalue weighted by Crippen LogP contribution is -2.20. The second-order valence-electron chi connectivity index (χ2n) is 4.85. The van der Waals surface area contributed by atoms with E-state index in [1.807, 2.05) is 38.1 Å². The molecule has 3 N–H and O–H groups in total. The first kappa shape index (κ1) is 16.5. The molecule has 0 spiro atoms. The van der Waals surface area contributed by atoms with Gasteiger partial charge in [-0.1, -0.05) is 12.1 Å². The molecule has 0 aliphatic carbocycles. The second kappa shape index (κ2) is 9.34. The number of primary amides is 1. The molecule has 0 radical (unpaired) electrons. The molecular weight excluding hydrogens is 256 g/mol. The van der Waals surface area contributed by atoms with Crippen molar-refractivity contribution in [2.45, 2.75) is 32.9 Å². The van der Waals surface area contributed by atoms with Crippen LogP contribution in [0.15, 0.2) is 24.3 Å². The summed E-state index contributed by atoms with van der Waals surface area (Å²) in [7, 11) is 0. The molecule has 0 bridgehead atoms. The van der Waals surface area contributed by atoms with Crippen molar-refractivity contribution in [3.05, 3.63) is 29.8 Å². The quantitative estimate of drug-likeness (QED) is 0.636. The molecule has 5 heteroatoms. The summed E-state index contributed by atoms with van der Waals surface area (Å²) >= 11 is 0. The summed E-state index contributed by atoms with van der Waals surface area (Å²) in [4.78, 5) is 10.6. The van der Waals surface area contributed by atoms with Gasteiger partial charge in [-0.25, -0.2) is 0 Å². The molecular formula is C15H24N2O3. The largest absolute Gasteiger partial charge is 0.484 e. The van der Waals surface area contributed by atoms with Gasteiger partial charge in [-0.2, -0.15) is 0 Å². The third kappa shape index (κ3) is 7.76. The van der Waals surface area contributed by atoms with Crippen molar-refractivity contribution < 1.29 is 14.3 Å². The first-order chi connectivity index (χ1) is 9.58. The molecule has 0 unspecified atom stereocenters. The molecule has 5 nitrogen and oxygen atoms in total. The van der Waals surface area contributed by atoms with E-state index in [0.29, 0.717) is 11.9 Å². The van der Waals surface area contributed by atoms with Crippen LogP contribution >= 0.6 is 0 Å². The van der Waals surface area contributed by atoms with Crippen molar-refractivity contribution in [2.24, 2.45) is 5.73 Å². The van der Waals surface area contributed by atoms with Gasteiger partial charge in [0.25, 0.3) is 5.91 Å². The smallest absolute Gasteiger partial charge is 0.255 e. The van der Waals surface area contributed by atoms with E-state index in [9.17, 15) is 4.79 Å². The molecule has 0 aliphatic rings. The van der Waals surface area contributed by atoms with E-state index in [1.54, 1.807) is 0 Å². The fraction of sp³-hybridized carbons (Fsp3) is 0.533.